The fourth-order valence-electron chi connectivity index (χ4n) is 2.58. The number of piperidine rings is 1. The van der Waals surface area contributed by atoms with Crippen LogP contribution in [0.3, 0.4) is 0 Å². The Morgan fingerprint density at radius 1 is 1.57 bits per heavy atom. The van der Waals surface area contributed by atoms with Crippen LogP contribution in [0.1, 0.15) is 30.2 Å². The van der Waals surface area contributed by atoms with Crippen molar-refractivity contribution in [1.82, 2.24) is 4.90 Å². The number of carbonyl (C=O) groups excluding carboxylic acids is 1. The number of carbonyl (C=O) groups is 1. The second-order valence-electron chi connectivity index (χ2n) is 5.72. The second-order valence-corrected chi connectivity index (χ2v) is 5.72. The minimum Gasteiger partial charge on any atom is -0.444 e. The van der Waals surface area contributed by atoms with E-state index in [9.17, 15) is 9.90 Å². The lowest BCUT2D eigenvalue weighted by atomic mass is 9.97. The molecule has 2 N–H and O–H groups in total. The molecule has 6 nitrogen and oxygen atoms in total. The smallest absolute Gasteiger partial charge is 0.240 e. The molecule has 114 valence electrons. The molecular weight excluding hydrogens is 270 g/mol. The summed E-state index contributed by atoms with van der Waals surface area (Å²) >= 11 is 0. The number of likely N-dealkylation sites (tertiary alicyclic amines) is 1. The number of hydrogen-bond acceptors (Lipinski definition) is 5. The number of rotatable bonds is 3. The van der Waals surface area contributed by atoms with Gasteiger partial charge in [-0.05, 0) is 26.2 Å². The molecule has 21 heavy (non-hydrogen) atoms. The number of nitrogens with zero attached hydrogens (tertiary/aromatic N) is 2. The maximum Gasteiger partial charge on any atom is 0.240 e. The highest BCUT2D eigenvalue weighted by Gasteiger charge is 2.26. The van der Waals surface area contributed by atoms with Crippen LogP contribution in [0.25, 0.3) is 0 Å². The summed E-state index contributed by atoms with van der Waals surface area (Å²) in [5, 5.41) is 21.5. The minimum absolute atomic E-state index is 0.161. The van der Waals surface area contributed by atoms with Crippen molar-refractivity contribution >= 4 is 11.8 Å². The van der Waals surface area contributed by atoms with Crippen LogP contribution in [0.4, 0.5) is 5.88 Å². The molecule has 2 rings (SSSR count). The lowest BCUT2D eigenvalue weighted by Gasteiger charge is -2.33. The van der Waals surface area contributed by atoms with Gasteiger partial charge in [-0.15, -0.1) is 0 Å². The molecular formula is C15H21N3O3. The Morgan fingerprint density at radius 2 is 2.29 bits per heavy atom. The number of aliphatic hydroxyl groups excluding tert-OH is 1. The molecule has 1 aromatic heterocycles. The maximum atomic E-state index is 12.1. The minimum atomic E-state index is -0.287. The number of amides is 1. The molecule has 1 amide bonds. The fourth-order valence-corrected chi connectivity index (χ4v) is 2.58. The summed E-state index contributed by atoms with van der Waals surface area (Å²) in [5.41, 5.74) is 1.13. The number of aliphatic hydroxyl groups is 1. The van der Waals surface area contributed by atoms with Crippen molar-refractivity contribution in [2.75, 3.05) is 25.0 Å². The first-order valence-corrected chi connectivity index (χ1v) is 7.12. The standard InChI is InChI=1S/C15H21N3O3/c1-9-7-18(5-4-13(9)19)8-14(20)17-15-12(6-16)10(2)11(3)21-15/h9,13,19H,4-5,7-8H2,1-3H3,(H,17,20). The molecule has 2 unspecified atom stereocenters. The van der Waals surface area contributed by atoms with Crippen molar-refractivity contribution in [2.45, 2.75) is 33.3 Å². The first-order valence-electron chi connectivity index (χ1n) is 7.12. The van der Waals surface area contributed by atoms with Crippen LogP contribution in [-0.2, 0) is 4.79 Å². The highest BCUT2D eigenvalue weighted by Crippen LogP contribution is 2.25. The van der Waals surface area contributed by atoms with E-state index in [1.807, 2.05) is 11.8 Å². The zero-order valence-corrected chi connectivity index (χ0v) is 12.6. The molecule has 0 bridgehead atoms. The average Bonchev–Trinajstić information content (AvgIpc) is 2.68. The summed E-state index contributed by atoms with van der Waals surface area (Å²) in [6.45, 7) is 7.15. The molecule has 0 radical (unpaired) electrons. The van der Waals surface area contributed by atoms with Crippen LogP contribution in [0, 0.1) is 31.1 Å². The van der Waals surface area contributed by atoms with Crippen molar-refractivity contribution in [3.05, 3.63) is 16.9 Å². The number of nitriles is 1. The molecule has 0 aromatic carbocycles. The molecule has 1 fully saturated rings. The Bertz CT molecular complexity index is 573. The number of nitrogens with one attached hydrogen (secondary N) is 1. The van der Waals surface area contributed by atoms with Gasteiger partial charge in [0, 0.05) is 18.7 Å². The van der Waals surface area contributed by atoms with Gasteiger partial charge in [0.25, 0.3) is 0 Å². The van der Waals surface area contributed by atoms with Gasteiger partial charge in [-0.1, -0.05) is 6.92 Å². The largest absolute Gasteiger partial charge is 0.444 e. The van der Waals surface area contributed by atoms with Crippen LogP contribution < -0.4 is 5.32 Å². The van der Waals surface area contributed by atoms with Gasteiger partial charge >= 0.3 is 0 Å². The Labute approximate surface area is 124 Å². The van der Waals surface area contributed by atoms with Gasteiger partial charge in [0.1, 0.15) is 17.4 Å². The predicted molar refractivity (Wildman–Crippen MR) is 77.8 cm³/mol. The molecule has 0 spiro atoms. The lowest BCUT2D eigenvalue weighted by molar-refractivity contribution is -0.118. The summed E-state index contributed by atoms with van der Waals surface area (Å²) in [6.07, 6.45) is 0.390. The number of anilines is 1. The van der Waals surface area contributed by atoms with Crippen molar-refractivity contribution < 1.29 is 14.3 Å². The van der Waals surface area contributed by atoms with Gasteiger partial charge in [-0.2, -0.15) is 5.26 Å². The van der Waals surface area contributed by atoms with Gasteiger partial charge in [-0.25, -0.2) is 0 Å². The molecule has 0 aliphatic carbocycles. The molecule has 2 heterocycles. The summed E-state index contributed by atoms with van der Waals surface area (Å²) in [6, 6.07) is 2.05. The zero-order chi connectivity index (χ0) is 15.6. The van der Waals surface area contributed by atoms with Gasteiger partial charge in [0.2, 0.25) is 11.8 Å². The molecule has 1 aromatic rings. The van der Waals surface area contributed by atoms with Crippen molar-refractivity contribution in [3.8, 4) is 6.07 Å². The third kappa shape index (κ3) is 3.43. The normalized spacial score (nSPS) is 22.8. The molecule has 1 saturated heterocycles. The average molecular weight is 291 g/mol. The zero-order valence-electron chi connectivity index (χ0n) is 12.6. The monoisotopic (exact) mass is 291 g/mol. The van der Waals surface area contributed by atoms with E-state index in [1.54, 1.807) is 13.8 Å². The van der Waals surface area contributed by atoms with E-state index in [1.165, 1.54) is 0 Å². The van der Waals surface area contributed by atoms with Crippen LogP contribution in [0.2, 0.25) is 0 Å². The first kappa shape index (κ1) is 15.5. The van der Waals surface area contributed by atoms with Crippen LogP contribution in [-0.4, -0.2) is 41.7 Å². The Hall–Kier alpha value is -1.84. The number of hydrogen-bond donors (Lipinski definition) is 2. The summed E-state index contributed by atoms with van der Waals surface area (Å²) < 4.78 is 5.42. The Morgan fingerprint density at radius 3 is 2.90 bits per heavy atom. The van der Waals surface area contributed by atoms with E-state index >= 15 is 0 Å². The van der Waals surface area contributed by atoms with Crippen LogP contribution in [0.5, 0.6) is 0 Å². The van der Waals surface area contributed by atoms with Gasteiger partial charge in [0.05, 0.1) is 12.6 Å². The van der Waals surface area contributed by atoms with E-state index in [0.717, 1.165) is 5.56 Å². The highest BCUT2D eigenvalue weighted by molar-refractivity contribution is 5.92. The topological polar surface area (TPSA) is 89.5 Å². The molecule has 1 aliphatic rings. The number of aryl methyl sites for hydroxylation is 1. The quantitative estimate of drug-likeness (QED) is 0.879. The summed E-state index contributed by atoms with van der Waals surface area (Å²) in [4.78, 5) is 14.1. The SMILES string of the molecule is Cc1oc(NC(=O)CN2CCC(O)C(C)C2)c(C#N)c1C. The molecule has 6 heteroatoms. The predicted octanol–water partition coefficient (Wildman–Crippen LogP) is 1.41. The van der Waals surface area contributed by atoms with E-state index in [-0.39, 0.29) is 30.4 Å². The molecule has 2 atom stereocenters. The summed E-state index contributed by atoms with van der Waals surface area (Å²) in [5.74, 6) is 0.817. The first-order chi connectivity index (χ1) is 9.92. The second kappa shape index (κ2) is 6.29. The van der Waals surface area contributed by atoms with E-state index in [0.29, 0.717) is 30.8 Å². The van der Waals surface area contributed by atoms with Crippen molar-refractivity contribution in [2.24, 2.45) is 5.92 Å². The fraction of sp³-hybridized carbons (Fsp3) is 0.600. The van der Waals surface area contributed by atoms with Crippen molar-refractivity contribution in [3.63, 3.8) is 0 Å². The van der Waals surface area contributed by atoms with E-state index in [2.05, 4.69) is 11.4 Å². The number of furan rings is 1. The molecule has 1 aliphatic heterocycles. The van der Waals surface area contributed by atoms with E-state index < -0.39 is 0 Å². The maximum absolute atomic E-state index is 12.1. The Balaban J connectivity index is 1.97. The molecule has 0 saturated carbocycles. The van der Waals surface area contributed by atoms with Crippen LogP contribution in [0.15, 0.2) is 4.42 Å². The van der Waals surface area contributed by atoms with Gasteiger partial charge in [-0.3, -0.25) is 15.0 Å². The summed E-state index contributed by atoms with van der Waals surface area (Å²) in [7, 11) is 0. The van der Waals surface area contributed by atoms with Gasteiger partial charge in [0.15, 0.2) is 0 Å². The van der Waals surface area contributed by atoms with Gasteiger partial charge < -0.3 is 9.52 Å². The lowest BCUT2D eigenvalue weighted by Crippen LogP contribution is -2.45. The Kier molecular flexibility index (Phi) is 4.66. The third-order valence-electron chi connectivity index (χ3n) is 4.06. The van der Waals surface area contributed by atoms with E-state index in [4.69, 9.17) is 9.68 Å². The highest BCUT2D eigenvalue weighted by atomic mass is 16.4. The van der Waals surface area contributed by atoms with Crippen molar-refractivity contribution in [1.29, 1.82) is 5.26 Å². The third-order valence-corrected chi connectivity index (χ3v) is 4.06. The van der Waals surface area contributed by atoms with Crippen LogP contribution >= 0.6 is 0 Å².